The largest absolute Gasteiger partial charge is 0.411 e. The molecule has 0 unspecified atom stereocenters. The number of thioether (sulfide) groups is 1. The summed E-state index contributed by atoms with van der Waals surface area (Å²) in [5.74, 6) is -0.533. The first-order chi connectivity index (χ1) is 12.0. The Labute approximate surface area is 152 Å². The Morgan fingerprint density at radius 2 is 2.04 bits per heavy atom. The molecule has 0 aliphatic carbocycles. The van der Waals surface area contributed by atoms with E-state index in [2.05, 4.69) is 15.5 Å². The molecule has 0 bridgehead atoms. The number of carbonyl (C=O) groups excluding carboxylic acids is 1. The highest BCUT2D eigenvalue weighted by Gasteiger charge is 2.14. The molecule has 0 aliphatic heterocycles. The van der Waals surface area contributed by atoms with Crippen LogP contribution in [0.4, 0.5) is 10.1 Å². The summed E-state index contributed by atoms with van der Waals surface area (Å²) in [5.41, 5.74) is 1.67. The monoisotopic (exact) mass is 377 g/mol. The normalized spacial score (nSPS) is 10.7. The summed E-state index contributed by atoms with van der Waals surface area (Å²) in [6.45, 7) is 1.82. The van der Waals surface area contributed by atoms with Gasteiger partial charge in [0.2, 0.25) is 5.91 Å². The van der Waals surface area contributed by atoms with Crippen molar-refractivity contribution in [2.24, 2.45) is 0 Å². The Hall–Kier alpha value is -2.38. The molecule has 0 aliphatic rings. The molecule has 1 amide bonds. The average Bonchev–Trinajstić information content (AvgIpc) is 3.06. The van der Waals surface area contributed by atoms with Crippen LogP contribution in [0.15, 0.2) is 52.1 Å². The molecule has 3 rings (SSSR count). The first-order valence-corrected chi connectivity index (χ1v) is 8.67. The van der Waals surface area contributed by atoms with Crippen LogP contribution in [0.5, 0.6) is 0 Å². The van der Waals surface area contributed by atoms with Crippen molar-refractivity contribution in [1.29, 1.82) is 0 Å². The second-order valence-corrected chi connectivity index (χ2v) is 6.44. The van der Waals surface area contributed by atoms with E-state index in [0.29, 0.717) is 10.7 Å². The lowest BCUT2D eigenvalue weighted by molar-refractivity contribution is -0.113. The maximum absolute atomic E-state index is 13.7. The fourth-order valence-electron chi connectivity index (χ4n) is 2.07. The topological polar surface area (TPSA) is 68.0 Å². The Bertz CT molecular complexity index is 916. The van der Waals surface area contributed by atoms with Crippen LogP contribution in [0.3, 0.4) is 0 Å². The minimum absolute atomic E-state index is 0.0743. The van der Waals surface area contributed by atoms with Crippen molar-refractivity contribution >= 4 is 35.0 Å². The zero-order chi connectivity index (χ0) is 17.8. The fourth-order valence-corrected chi connectivity index (χ4v) is 2.81. The number of anilines is 1. The van der Waals surface area contributed by atoms with Crippen molar-refractivity contribution < 1.29 is 13.6 Å². The van der Waals surface area contributed by atoms with E-state index in [9.17, 15) is 9.18 Å². The molecule has 0 saturated carbocycles. The lowest BCUT2D eigenvalue weighted by Gasteiger charge is -2.08. The third-order valence-corrected chi connectivity index (χ3v) is 4.61. The smallest absolute Gasteiger partial charge is 0.277 e. The first-order valence-electron chi connectivity index (χ1n) is 7.31. The summed E-state index contributed by atoms with van der Waals surface area (Å²) < 4.78 is 19.1. The van der Waals surface area contributed by atoms with Gasteiger partial charge in [-0.15, -0.1) is 10.2 Å². The average molecular weight is 378 g/mol. The van der Waals surface area contributed by atoms with Crippen molar-refractivity contribution in [1.82, 2.24) is 10.2 Å². The summed E-state index contributed by atoms with van der Waals surface area (Å²) in [4.78, 5) is 12.1. The molecule has 1 aromatic heterocycles. The third-order valence-electron chi connectivity index (χ3n) is 3.38. The van der Waals surface area contributed by atoms with Gasteiger partial charge in [-0.05, 0) is 36.8 Å². The fraction of sp³-hybridized carbons (Fsp3) is 0.118. The molecule has 0 atom stereocenters. The molecular weight excluding hydrogens is 365 g/mol. The van der Waals surface area contributed by atoms with Gasteiger partial charge in [-0.25, -0.2) is 4.39 Å². The van der Waals surface area contributed by atoms with Crippen LogP contribution >= 0.6 is 23.4 Å². The van der Waals surface area contributed by atoms with Crippen LogP contribution in [0.2, 0.25) is 5.02 Å². The van der Waals surface area contributed by atoms with Crippen LogP contribution in [-0.4, -0.2) is 21.9 Å². The zero-order valence-electron chi connectivity index (χ0n) is 13.1. The van der Waals surface area contributed by atoms with Crippen molar-refractivity contribution in [2.45, 2.75) is 12.1 Å². The Morgan fingerprint density at radius 1 is 1.24 bits per heavy atom. The number of hydrogen-bond donors (Lipinski definition) is 1. The molecule has 1 heterocycles. The van der Waals surface area contributed by atoms with Crippen LogP contribution in [0, 0.1) is 12.7 Å². The first kappa shape index (κ1) is 17.4. The van der Waals surface area contributed by atoms with Gasteiger partial charge in [-0.3, -0.25) is 4.79 Å². The van der Waals surface area contributed by atoms with Crippen LogP contribution in [-0.2, 0) is 4.79 Å². The zero-order valence-corrected chi connectivity index (χ0v) is 14.7. The maximum atomic E-state index is 13.7. The molecule has 3 aromatic rings. The van der Waals surface area contributed by atoms with Crippen molar-refractivity contribution in [2.75, 3.05) is 11.1 Å². The summed E-state index contributed by atoms with van der Waals surface area (Å²) in [7, 11) is 0. The van der Waals surface area contributed by atoms with E-state index >= 15 is 0 Å². The predicted octanol–water partition coefficient (Wildman–Crippen LogP) is 4.57. The van der Waals surface area contributed by atoms with E-state index in [1.165, 1.54) is 6.07 Å². The number of hydrogen-bond acceptors (Lipinski definition) is 5. The number of carbonyl (C=O) groups is 1. The van der Waals surface area contributed by atoms with Crippen molar-refractivity contribution in [3.63, 3.8) is 0 Å². The number of rotatable bonds is 5. The molecule has 0 spiro atoms. The number of nitrogens with zero attached hydrogens (tertiary/aromatic N) is 2. The number of nitrogens with one attached hydrogen (secondary N) is 1. The highest BCUT2D eigenvalue weighted by molar-refractivity contribution is 7.99. The highest BCUT2D eigenvalue weighted by Crippen LogP contribution is 2.26. The SMILES string of the molecule is Cc1c(Cl)cccc1NC(=O)CSc1nnc(-c2ccccc2F)o1. The molecule has 1 N–H and O–H groups in total. The van der Waals surface area contributed by atoms with Gasteiger partial charge in [0.05, 0.1) is 11.3 Å². The number of amides is 1. The molecular formula is C17H13ClFN3O2S. The van der Waals surface area contributed by atoms with Gasteiger partial charge in [-0.2, -0.15) is 0 Å². The van der Waals surface area contributed by atoms with Gasteiger partial charge in [0, 0.05) is 10.7 Å². The molecule has 0 fully saturated rings. The third kappa shape index (κ3) is 4.18. The van der Waals surface area contributed by atoms with Crippen molar-refractivity contribution in [3.8, 4) is 11.5 Å². The molecule has 0 radical (unpaired) electrons. The second-order valence-electron chi connectivity index (χ2n) is 5.10. The minimum atomic E-state index is -0.447. The quantitative estimate of drug-likeness (QED) is 0.660. The van der Waals surface area contributed by atoms with Gasteiger partial charge < -0.3 is 9.73 Å². The molecule has 2 aromatic carbocycles. The Balaban J connectivity index is 1.62. The number of benzene rings is 2. The molecule has 5 nitrogen and oxygen atoms in total. The maximum Gasteiger partial charge on any atom is 0.277 e. The molecule has 25 heavy (non-hydrogen) atoms. The second kappa shape index (κ2) is 7.67. The van der Waals surface area contributed by atoms with E-state index in [1.54, 1.807) is 36.4 Å². The minimum Gasteiger partial charge on any atom is -0.411 e. The van der Waals surface area contributed by atoms with Crippen LogP contribution in [0.1, 0.15) is 5.56 Å². The van der Waals surface area contributed by atoms with E-state index in [-0.39, 0.29) is 28.3 Å². The van der Waals surface area contributed by atoms with Crippen molar-refractivity contribution in [3.05, 3.63) is 58.9 Å². The Morgan fingerprint density at radius 3 is 2.84 bits per heavy atom. The van der Waals surface area contributed by atoms with E-state index in [4.69, 9.17) is 16.0 Å². The van der Waals surface area contributed by atoms with Gasteiger partial charge in [0.1, 0.15) is 5.82 Å². The number of halogens is 2. The summed E-state index contributed by atoms with van der Waals surface area (Å²) in [6, 6.07) is 11.4. The van der Waals surface area contributed by atoms with Gasteiger partial charge in [0.15, 0.2) is 0 Å². The van der Waals surface area contributed by atoms with Gasteiger partial charge >= 0.3 is 0 Å². The van der Waals surface area contributed by atoms with Crippen LogP contribution < -0.4 is 5.32 Å². The predicted molar refractivity (Wildman–Crippen MR) is 95.2 cm³/mol. The van der Waals surface area contributed by atoms with Crippen LogP contribution in [0.25, 0.3) is 11.5 Å². The summed E-state index contributed by atoms with van der Waals surface area (Å²) in [6.07, 6.45) is 0. The standard InChI is InChI=1S/C17H13ClFN3O2S/c1-10-12(18)6-4-8-14(10)20-15(23)9-25-17-22-21-16(24-17)11-5-2-3-7-13(11)19/h2-8H,9H2,1H3,(H,20,23). The molecule has 128 valence electrons. The van der Waals surface area contributed by atoms with Gasteiger partial charge in [-0.1, -0.05) is 41.6 Å². The van der Waals surface area contributed by atoms with E-state index in [1.807, 2.05) is 6.92 Å². The molecule has 0 saturated heterocycles. The number of aromatic nitrogens is 2. The van der Waals surface area contributed by atoms with Gasteiger partial charge in [0.25, 0.3) is 11.1 Å². The highest BCUT2D eigenvalue weighted by atomic mass is 35.5. The lowest BCUT2D eigenvalue weighted by atomic mass is 10.2. The molecule has 8 heteroatoms. The summed E-state index contributed by atoms with van der Waals surface area (Å²) in [5, 5.41) is 11.2. The lowest BCUT2D eigenvalue weighted by Crippen LogP contribution is -2.14. The van der Waals surface area contributed by atoms with E-state index in [0.717, 1.165) is 17.3 Å². The summed E-state index contributed by atoms with van der Waals surface area (Å²) >= 11 is 7.10. The van der Waals surface area contributed by atoms with E-state index < -0.39 is 5.82 Å². The Kier molecular flexibility index (Phi) is 5.35.